The Morgan fingerprint density at radius 3 is 2.85 bits per heavy atom. The zero-order valence-electron chi connectivity index (χ0n) is 14.3. The van der Waals surface area contributed by atoms with Crippen LogP contribution in [0.5, 0.6) is 5.75 Å². The highest BCUT2D eigenvalue weighted by molar-refractivity contribution is 5.97. The van der Waals surface area contributed by atoms with E-state index in [9.17, 15) is 14.0 Å². The Morgan fingerprint density at radius 2 is 2.08 bits per heavy atom. The van der Waals surface area contributed by atoms with Crippen molar-refractivity contribution in [2.24, 2.45) is 0 Å². The van der Waals surface area contributed by atoms with Crippen LogP contribution in [0.25, 0.3) is 0 Å². The normalized spacial score (nSPS) is 15.4. The van der Waals surface area contributed by atoms with E-state index in [0.29, 0.717) is 29.9 Å². The van der Waals surface area contributed by atoms with E-state index in [1.807, 2.05) is 0 Å². The second kappa shape index (κ2) is 7.86. The standard InChI is InChI=1S/C19H19FN2O4/c1-25-19(24)22-16-8-9-26-17-14(16)6-3-7-15(17)18(23)21-11-12-4-2-5-13(20)10-12/h2-7,10,16H,8-9,11H2,1H3,(H,21,23)(H,22,24)/t16-/m0/s1. The molecule has 0 spiro atoms. The molecule has 2 aromatic carbocycles. The van der Waals surface area contributed by atoms with Crippen LogP contribution in [-0.4, -0.2) is 25.7 Å². The van der Waals surface area contributed by atoms with Crippen LogP contribution < -0.4 is 15.4 Å². The van der Waals surface area contributed by atoms with Gasteiger partial charge in [0.25, 0.3) is 5.91 Å². The molecule has 1 atom stereocenters. The van der Waals surface area contributed by atoms with Crippen LogP contribution in [0.1, 0.15) is 33.9 Å². The van der Waals surface area contributed by atoms with E-state index in [1.165, 1.54) is 19.2 Å². The average molecular weight is 358 g/mol. The maximum absolute atomic E-state index is 13.2. The van der Waals surface area contributed by atoms with Crippen LogP contribution in [0.15, 0.2) is 42.5 Å². The van der Waals surface area contributed by atoms with Crippen molar-refractivity contribution in [3.8, 4) is 5.75 Å². The largest absolute Gasteiger partial charge is 0.492 e. The molecule has 2 aromatic rings. The fourth-order valence-electron chi connectivity index (χ4n) is 2.88. The number of rotatable bonds is 4. The summed E-state index contributed by atoms with van der Waals surface area (Å²) >= 11 is 0. The second-order valence-electron chi connectivity index (χ2n) is 5.86. The number of methoxy groups -OCH3 is 1. The summed E-state index contributed by atoms with van der Waals surface area (Å²) < 4.78 is 23.6. The fraction of sp³-hybridized carbons (Fsp3) is 0.263. The summed E-state index contributed by atoms with van der Waals surface area (Å²) in [6, 6.07) is 10.9. The minimum atomic E-state index is -0.538. The summed E-state index contributed by atoms with van der Waals surface area (Å²) in [6.07, 6.45) is 0.0417. The van der Waals surface area contributed by atoms with Crippen molar-refractivity contribution in [3.05, 3.63) is 65.0 Å². The lowest BCUT2D eigenvalue weighted by atomic mass is 9.97. The smallest absolute Gasteiger partial charge is 0.407 e. The number of ether oxygens (including phenoxy) is 2. The highest BCUT2D eigenvalue weighted by Crippen LogP contribution is 2.35. The molecule has 3 rings (SSSR count). The first-order chi connectivity index (χ1) is 12.6. The van der Waals surface area contributed by atoms with Crippen LogP contribution in [0.2, 0.25) is 0 Å². The number of alkyl carbamates (subject to hydrolysis) is 1. The van der Waals surface area contributed by atoms with Crippen molar-refractivity contribution in [1.29, 1.82) is 0 Å². The lowest BCUT2D eigenvalue weighted by Gasteiger charge is -2.27. The Bertz CT molecular complexity index is 825. The summed E-state index contributed by atoms with van der Waals surface area (Å²) in [5, 5.41) is 5.50. The molecule has 1 aliphatic heterocycles. The number of carbonyl (C=O) groups excluding carboxylic acids is 2. The summed E-state index contributed by atoms with van der Waals surface area (Å²) in [5.74, 6) is -0.240. The minimum Gasteiger partial charge on any atom is -0.492 e. The number of hydrogen-bond donors (Lipinski definition) is 2. The first kappa shape index (κ1) is 17.7. The molecule has 1 heterocycles. The van der Waals surface area contributed by atoms with Gasteiger partial charge in [0.05, 0.1) is 25.3 Å². The molecule has 0 unspecified atom stereocenters. The predicted octanol–water partition coefficient (Wildman–Crippen LogP) is 2.94. The number of hydrogen-bond acceptors (Lipinski definition) is 4. The van der Waals surface area contributed by atoms with Crippen molar-refractivity contribution < 1.29 is 23.5 Å². The van der Waals surface area contributed by atoms with Gasteiger partial charge >= 0.3 is 6.09 Å². The van der Waals surface area contributed by atoms with Gasteiger partial charge in [-0.3, -0.25) is 4.79 Å². The van der Waals surface area contributed by atoms with E-state index in [-0.39, 0.29) is 24.3 Å². The Kier molecular flexibility index (Phi) is 5.36. The van der Waals surface area contributed by atoms with Gasteiger partial charge in [0.15, 0.2) is 0 Å². The molecule has 136 valence electrons. The quantitative estimate of drug-likeness (QED) is 0.881. The predicted molar refractivity (Wildman–Crippen MR) is 92.4 cm³/mol. The van der Waals surface area contributed by atoms with Crippen LogP contribution in [0.4, 0.5) is 9.18 Å². The number of fused-ring (bicyclic) bond motifs is 1. The molecule has 0 radical (unpaired) electrons. The molecule has 0 bridgehead atoms. The molecular formula is C19H19FN2O4. The van der Waals surface area contributed by atoms with Crippen LogP contribution in [-0.2, 0) is 11.3 Å². The monoisotopic (exact) mass is 358 g/mol. The third-order valence-electron chi connectivity index (χ3n) is 4.14. The molecule has 7 heteroatoms. The highest BCUT2D eigenvalue weighted by atomic mass is 19.1. The number of para-hydroxylation sites is 1. The fourth-order valence-corrected chi connectivity index (χ4v) is 2.88. The average Bonchev–Trinajstić information content (AvgIpc) is 2.66. The molecule has 0 aromatic heterocycles. The molecule has 26 heavy (non-hydrogen) atoms. The van der Waals surface area contributed by atoms with E-state index in [1.54, 1.807) is 30.3 Å². The number of benzene rings is 2. The van der Waals surface area contributed by atoms with Crippen molar-refractivity contribution in [3.63, 3.8) is 0 Å². The molecular weight excluding hydrogens is 339 g/mol. The molecule has 2 amide bonds. The van der Waals surface area contributed by atoms with Crippen molar-refractivity contribution >= 4 is 12.0 Å². The number of amides is 2. The first-order valence-electron chi connectivity index (χ1n) is 8.21. The Labute approximate surface area is 150 Å². The lowest BCUT2D eigenvalue weighted by molar-refractivity contribution is 0.0945. The maximum atomic E-state index is 13.2. The zero-order chi connectivity index (χ0) is 18.5. The van der Waals surface area contributed by atoms with Gasteiger partial charge in [0.1, 0.15) is 11.6 Å². The van der Waals surface area contributed by atoms with Gasteiger partial charge in [0, 0.05) is 18.5 Å². The van der Waals surface area contributed by atoms with Crippen molar-refractivity contribution in [2.45, 2.75) is 19.0 Å². The molecule has 0 saturated carbocycles. The minimum absolute atomic E-state index is 0.199. The van der Waals surface area contributed by atoms with Gasteiger partial charge < -0.3 is 20.1 Å². The number of nitrogens with one attached hydrogen (secondary N) is 2. The van der Waals surface area contributed by atoms with Crippen LogP contribution in [0.3, 0.4) is 0 Å². The molecule has 6 nitrogen and oxygen atoms in total. The molecule has 0 fully saturated rings. The molecule has 0 aliphatic carbocycles. The summed E-state index contributed by atoms with van der Waals surface area (Å²) in [4.78, 5) is 24.1. The van der Waals surface area contributed by atoms with E-state index >= 15 is 0 Å². The SMILES string of the molecule is COC(=O)N[C@H]1CCOc2c(C(=O)NCc3cccc(F)c3)cccc21. The topological polar surface area (TPSA) is 76.7 Å². The maximum Gasteiger partial charge on any atom is 0.407 e. The van der Waals surface area contributed by atoms with Gasteiger partial charge in [-0.05, 0) is 23.8 Å². The van der Waals surface area contributed by atoms with Crippen LogP contribution >= 0.6 is 0 Å². The van der Waals surface area contributed by atoms with Gasteiger partial charge in [-0.2, -0.15) is 0 Å². The van der Waals surface area contributed by atoms with Crippen molar-refractivity contribution in [1.82, 2.24) is 10.6 Å². The summed E-state index contributed by atoms with van der Waals surface area (Å²) in [6.45, 7) is 0.569. The lowest BCUT2D eigenvalue weighted by Crippen LogP contribution is -2.33. The second-order valence-corrected chi connectivity index (χ2v) is 5.86. The van der Waals surface area contributed by atoms with Gasteiger partial charge in [-0.15, -0.1) is 0 Å². The van der Waals surface area contributed by atoms with E-state index in [4.69, 9.17) is 4.74 Å². The van der Waals surface area contributed by atoms with Crippen molar-refractivity contribution in [2.75, 3.05) is 13.7 Å². The summed E-state index contributed by atoms with van der Waals surface area (Å²) in [5.41, 5.74) is 1.75. The molecule has 1 aliphatic rings. The zero-order valence-corrected chi connectivity index (χ0v) is 14.3. The molecule has 2 N–H and O–H groups in total. The third-order valence-corrected chi connectivity index (χ3v) is 4.14. The van der Waals surface area contributed by atoms with E-state index in [2.05, 4.69) is 15.4 Å². The van der Waals surface area contributed by atoms with E-state index in [0.717, 1.165) is 5.56 Å². The Balaban J connectivity index is 1.77. The first-order valence-corrected chi connectivity index (χ1v) is 8.21. The van der Waals surface area contributed by atoms with Gasteiger partial charge in [0.2, 0.25) is 0 Å². The van der Waals surface area contributed by atoms with Gasteiger partial charge in [-0.1, -0.05) is 24.3 Å². The van der Waals surface area contributed by atoms with E-state index < -0.39 is 6.09 Å². The summed E-state index contributed by atoms with van der Waals surface area (Å²) in [7, 11) is 1.30. The van der Waals surface area contributed by atoms with Gasteiger partial charge in [-0.25, -0.2) is 9.18 Å². The van der Waals surface area contributed by atoms with Crippen LogP contribution in [0, 0.1) is 5.82 Å². The highest BCUT2D eigenvalue weighted by Gasteiger charge is 2.27. The Hall–Kier alpha value is -3.09. The number of halogens is 1. The molecule has 0 saturated heterocycles. The Morgan fingerprint density at radius 1 is 1.27 bits per heavy atom. The third kappa shape index (κ3) is 3.93. The number of carbonyl (C=O) groups is 2.